The number of aromatic nitrogens is 2. The van der Waals surface area contributed by atoms with Gasteiger partial charge in [0.2, 0.25) is 0 Å². The third kappa shape index (κ3) is 1.61. The van der Waals surface area contributed by atoms with Crippen molar-refractivity contribution in [2.45, 2.75) is 13.8 Å². The largest absolute Gasteiger partial charge is 0.399 e. The van der Waals surface area contributed by atoms with Crippen LogP contribution in [0.25, 0.3) is 10.6 Å². The first-order valence-electron chi connectivity index (χ1n) is 4.33. The highest BCUT2D eigenvalue weighted by molar-refractivity contribution is 7.14. The molecule has 72 valence electrons. The second-order valence-corrected chi connectivity index (χ2v) is 4.38. The van der Waals surface area contributed by atoms with Crippen molar-refractivity contribution in [3.05, 3.63) is 28.8 Å². The Labute approximate surface area is 86.6 Å². The number of nitrogen functional groups attached to an aromatic ring is 1. The first kappa shape index (κ1) is 9.15. The SMILES string of the molecule is Cc1nnc(-c2ccc(N)c(C)c2)s1. The van der Waals surface area contributed by atoms with Gasteiger partial charge < -0.3 is 5.73 Å². The number of nitrogens with zero attached hydrogens (tertiary/aromatic N) is 2. The molecule has 0 saturated heterocycles. The molecule has 0 amide bonds. The topological polar surface area (TPSA) is 51.8 Å². The van der Waals surface area contributed by atoms with Gasteiger partial charge in [0, 0.05) is 11.3 Å². The molecule has 0 unspecified atom stereocenters. The van der Waals surface area contributed by atoms with E-state index in [1.807, 2.05) is 32.0 Å². The molecule has 0 saturated carbocycles. The van der Waals surface area contributed by atoms with E-state index in [1.54, 1.807) is 11.3 Å². The van der Waals surface area contributed by atoms with E-state index in [9.17, 15) is 0 Å². The zero-order valence-electron chi connectivity index (χ0n) is 8.11. The number of rotatable bonds is 1. The lowest BCUT2D eigenvalue weighted by Crippen LogP contribution is -1.89. The molecule has 2 N–H and O–H groups in total. The normalized spacial score (nSPS) is 10.4. The second-order valence-electron chi connectivity index (χ2n) is 3.20. The van der Waals surface area contributed by atoms with E-state index in [0.29, 0.717) is 0 Å². The van der Waals surface area contributed by atoms with Gasteiger partial charge >= 0.3 is 0 Å². The lowest BCUT2D eigenvalue weighted by molar-refractivity contribution is 1.05. The van der Waals surface area contributed by atoms with Crippen molar-refractivity contribution in [3.8, 4) is 10.6 Å². The highest BCUT2D eigenvalue weighted by Crippen LogP contribution is 2.25. The summed E-state index contributed by atoms with van der Waals surface area (Å²) in [4.78, 5) is 0. The van der Waals surface area contributed by atoms with Crippen LogP contribution >= 0.6 is 11.3 Å². The van der Waals surface area contributed by atoms with Crippen molar-refractivity contribution in [2.75, 3.05) is 5.73 Å². The van der Waals surface area contributed by atoms with Crippen molar-refractivity contribution in [2.24, 2.45) is 0 Å². The molecule has 4 heteroatoms. The average molecular weight is 205 g/mol. The molecule has 14 heavy (non-hydrogen) atoms. The number of aryl methyl sites for hydroxylation is 2. The minimum Gasteiger partial charge on any atom is -0.399 e. The van der Waals surface area contributed by atoms with Crippen LogP contribution in [0.3, 0.4) is 0 Å². The molecule has 1 heterocycles. The van der Waals surface area contributed by atoms with Crippen LogP contribution < -0.4 is 5.73 Å². The fourth-order valence-electron chi connectivity index (χ4n) is 1.22. The van der Waals surface area contributed by atoms with Crippen LogP contribution in [-0.2, 0) is 0 Å². The maximum Gasteiger partial charge on any atom is 0.147 e. The number of nitrogens with two attached hydrogens (primary N) is 1. The maximum absolute atomic E-state index is 5.74. The molecule has 2 rings (SSSR count). The number of hydrogen-bond acceptors (Lipinski definition) is 4. The second kappa shape index (κ2) is 3.38. The first-order valence-corrected chi connectivity index (χ1v) is 5.15. The van der Waals surface area contributed by atoms with Gasteiger partial charge in [-0.1, -0.05) is 11.3 Å². The summed E-state index contributed by atoms with van der Waals surface area (Å²) >= 11 is 1.59. The van der Waals surface area contributed by atoms with Gasteiger partial charge in [-0.2, -0.15) is 0 Å². The van der Waals surface area contributed by atoms with Crippen LogP contribution in [0.15, 0.2) is 18.2 Å². The van der Waals surface area contributed by atoms with Gasteiger partial charge in [0.05, 0.1) is 0 Å². The fraction of sp³-hybridized carbons (Fsp3) is 0.200. The summed E-state index contributed by atoms with van der Waals surface area (Å²) in [5.74, 6) is 0. The Morgan fingerprint density at radius 2 is 2.00 bits per heavy atom. The fourth-order valence-corrected chi connectivity index (χ4v) is 1.91. The van der Waals surface area contributed by atoms with Gasteiger partial charge in [0.25, 0.3) is 0 Å². The standard InChI is InChI=1S/C10H11N3S/c1-6-5-8(3-4-9(6)11)10-13-12-7(2)14-10/h3-5H,11H2,1-2H3. The number of benzene rings is 1. The molecule has 0 aliphatic rings. The number of hydrogen-bond donors (Lipinski definition) is 1. The molecule has 0 spiro atoms. The van der Waals surface area contributed by atoms with E-state index in [-0.39, 0.29) is 0 Å². The Hall–Kier alpha value is -1.42. The lowest BCUT2D eigenvalue weighted by atomic mass is 10.1. The van der Waals surface area contributed by atoms with Crippen molar-refractivity contribution in [1.29, 1.82) is 0 Å². The van der Waals surface area contributed by atoms with Gasteiger partial charge in [0.1, 0.15) is 10.0 Å². The quantitative estimate of drug-likeness (QED) is 0.727. The Kier molecular flexibility index (Phi) is 2.21. The molecule has 1 aromatic carbocycles. The number of anilines is 1. The van der Waals surface area contributed by atoms with E-state index in [4.69, 9.17) is 5.73 Å². The summed E-state index contributed by atoms with van der Waals surface area (Å²) in [6.07, 6.45) is 0. The predicted octanol–water partition coefficient (Wildman–Crippen LogP) is 2.40. The van der Waals surface area contributed by atoms with E-state index in [0.717, 1.165) is 26.8 Å². The summed E-state index contributed by atoms with van der Waals surface area (Å²) in [6.45, 7) is 3.94. The molecular formula is C10H11N3S. The monoisotopic (exact) mass is 205 g/mol. The summed E-state index contributed by atoms with van der Waals surface area (Å²) in [5, 5.41) is 10.00. The van der Waals surface area contributed by atoms with Crippen molar-refractivity contribution in [1.82, 2.24) is 10.2 Å². The van der Waals surface area contributed by atoms with Gasteiger partial charge in [-0.3, -0.25) is 0 Å². The zero-order valence-corrected chi connectivity index (χ0v) is 8.93. The van der Waals surface area contributed by atoms with E-state index < -0.39 is 0 Å². The maximum atomic E-state index is 5.74. The zero-order chi connectivity index (χ0) is 10.1. The van der Waals surface area contributed by atoms with E-state index >= 15 is 0 Å². The molecule has 3 nitrogen and oxygen atoms in total. The highest BCUT2D eigenvalue weighted by Gasteiger charge is 2.04. The molecule has 0 fully saturated rings. The summed E-state index contributed by atoms with van der Waals surface area (Å²) in [7, 11) is 0. The average Bonchev–Trinajstić information content (AvgIpc) is 2.57. The van der Waals surface area contributed by atoms with E-state index in [2.05, 4.69) is 10.2 Å². The summed E-state index contributed by atoms with van der Waals surface area (Å²) < 4.78 is 0. The Morgan fingerprint density at radius 1 is 1.21 bits per heavy atom. The molecule has 0 bridgehead atoms. The molecule has 0 aliphatic carbocycles. The van der Waals surface area contributed by atoms with Crippen molar-refractivity contribution < 1.29 is 0 Å². The van der Waals surface area contributed by atoms with Crippen molar-refractivity contribution >= 4 is 17.0 Å². The van der Waals surface area contributed by atoms with Gasteiger partial charge in [-0.25, -0.2) is 0 Å². The molecular weight excluding hydrogens is 194 g/mol. The van der Waals surface area contributed by atoms with Gasteiger partial charge in [-0.05, 0) is 37.6 Å². The minimum atomic E-state index is 0.815. The molecule has 1 aromatic heterocycles. The summed E-state index contributed by atoms with van der Waals surface area (Å²) in [5.41, 5.74) is 8.72. The van der Waals surface area contributed by atoms with Gasteiger partial charge in [0.15, 0.2) is 0 Å². The predicted molar refractivity (Wildman–Crippen MR) is 59.2 cm³/mol. The van der Waals surface area contributed by atoms with E-state index in [1.165, 1.54) is 0 Å². The van der Waals surface area contributed by atoms with Crippen LogP contribution in [0.1, 0.15) is 10.6 Å². The Balaban J connectivity index is 2.47. The third-order valence-electron chi connectivity index (χ3n) is 2.04. The molecule has 2 aromatic rings. The third-order valence-corrected chi connectivity index (χ3v) is 2.93. The van der Waals surface area contributed by atoms with Crippen LogP contribution in [0.2, 0.25) is 0 Å². The Bertz CT molecular complexity index is 462. The van der Waals surface area contributed by atoms with Crippen LogP contribution in [0.4, 0.5) is 5.69 Å². The lowest BCUT2D eigenvalue weighted by Gasteiger charge is -2.00. The van der Waals surface area contributed by atoms with Crippen LogP contribution in [-0.4, -0.2) is 10.2 Å². The summed E-state index contributed by atoms with van der Waals surface area (Å²) in [6, 6.07) is 5.92. The highest BCUT2D eigenvalue weighted by atomic mass is 32.1. The Morgan fingerprint density at radius 3 is 2.57 bits per heavy atom. The minimum absolute atomic E-state index is 0.815. The van der Waals surface area contributed by atoms with Crippen LogP contribution in [0.5, 0.6) is 0 Å². The molecule has 0 radical (unpaired) electrons. The first-order chi connectivity index (χ1) is 6.66. The van der Waals surface area contributed by atoms with Crippen LogP contribution in [0, 0.1) is 13.8 Å². The molecule has 0 aliphatic heterocycles. The smallest absolute Gasteiger partial charge is 0.147 e. The van der Waals surface area contributed by atoms with Gasteiger partial charge in [-0.15, -0.1) is 10.2 Å². The van der Waals surface area contributed by atoms with Crippen molar-refractivity contribution in [3.63, 3.8) is 0 Å². The molecule has 0 atom stereocenters.